The number of nitrogens with one attached hydrogen (secondary N) is 2. The van der Waals surface area contributed by atoms with E-state index < -0.39 is 10.0 Å². The van der Waals surface area contributed by atoms with Gasteiger partial charge in [-0.15, -0.1) is 10.2 Å². The van der Waals surface area contributed by atoms with E-state index in [2.05, 4.69) is 25.3 Å². The highest BCUT2D eigenvalue weighted by Gasteiger charge is 2.19. The lowest BCUT2D eigenvalue weighted by molar-refractivity contribution is 0.410. The number of hydrogen-bond donors (Lipinski definition) is 2. The summed E-state index contributed by atoms with van der Waals surface area (Å²) in [5.41, 5.74) is 5.81. The van der Waals surface area contributed by atoms with Gasteiger partial charge in [-0.05, 0) is 87.7 Å². The average molecular weight is 493 g/mol. The molecule has 0 unspecified atom stereocenters. The predicted molar refractivity (Wildman–Crippen MR) is 136 cm³/mol. The standard InChI is InChI=1S/C25H28N6O3S/c1-15-13-16(2)23(14-22(15)34-6)35(32,33)30-21-9-7-20(8-10-21)26-24-11-12-25(28-27-24)31-19(5)17(3)18(4)29-31/h7-14,30H,1-6H3,(H,26,27). The number of ether oxygens (including phenoxy) is 1. The first kappa shape index (κ1) is 24.2. The molecule has 35 heavy (non-hydrogen) atoms. The van der Waals surface area contributed by atoms with Crippen molar-refractivity contribution in [2.24, 2.45) is 0 Å². The SMILES string of the molecule is COc1cc(S(=O)(=O)Nc2ccc(Nc3ccc(-n4nc(C)c(C)c4C)nn3)cc2)c(C)cc1C. The van der Waals surface area contributed by atoms with Crippen molar-refractivity contribution in [2.75, 3.05) is 17.1 Å². The molecule has 0 saturated carbocycles. The minimum atomic E-state index is -3.78. The van der Waals surface area contributed by atoms with Gasteiger partial charge in [0.25, 0.3) is 10.0 Å². The molecule has 0 fully saturated rings. The van der Waals surface area contributed by atoms with Gasteiger partial charge in [0.05, 0.1) is 17.7 Å². The fraction of sp³-hybridized carbons (Fsp3) is 0.240. The first-order chi connectivity index (χ1) is 16.6. The van der Waals surface area contributed by atoms with E-state index in [1.54, 1.807) is 48.0 Å². The second-order valence-corrected chi connectivity index (χ2v) is 10.0. The molecule has 0 aliphatic carbocycles. The van der Waals surface area contributed by atoms with E-state index in [1.807, 2.05) is 39.8 Å². The Hall–Kier alpha value is -3.92. The number of aromatic nitrogens is 4. The summed E-state index contributed by atoms with van der Waals surface area (Å²) < 4.78 is 35.6. The maximum absolute atomic E-state index is 13.0. The third-order valence-electron chi connectivity index (χ3n) is 5.91. The molecule has 0 radical (unpaired) electrons. The topological polar surface area (TPSA) is 111 Å². The Balaban J connectivity index is 1.47. The van der Waals surface area contributed by atoms with Gasteiger partial charge >= 0.3 is 0 Å². The molecule has 0 aliphatic rings. The summed E-state index contributed by atoms with van der Waals surface area (Å²) in [6, 6.07) is 13.9. The Bertz CT molecular complexity index is 1480. The zero-order valence-electron chi connectivity index (χ0n) is 20.5. The molecule has 0 amide bonds. The molecule has 4 rings (SSSR count). The molecule has 0 saturated heterocycles. The Kier molecular flexibility index (Phi) is 6.49. The fourth-order valence-electron chi connectivity index (χ4n) is 3.75. The smallest absolute Gasteiger partial charge is 0.262 e. The highest BCUT2D eigenvalue weighted by atomic mass is 32.2. The van der Waals surface area contributed by atoms with E-state index in [4.69, 9.17) is 4.74 Å². The van der Waals surface area contributed by atoms with Crippen molar-refractivity contribution in [3.05, 3.63) is 76.6 Å². The minimum Gasteiger partial charge on any atom is -0.496 e. The first-order valence-corrected chi connectivity index (χ1v) is 12.5. The van der Waals surface area contributed by atoms with Crippen LogP contribution in [-0.2, 0) is 10.0 Å². The van der Waals surface area contributed by atoms with Gasteiger partial charge in [0, 0.05) is 23.1 Å². The van der Waals surface area contributed by atoms with Crippen LogP contribution in [0.3, 0.4) is 0 Å². The number of nitrogens with zero attached hydrogens (tertiary/aromatic N) is 4. The first-order valence-electron chi connectivity index (χ1n) is 11.0. The van der Waals surface area contributed by atoms with Crippen LogP contribution < -0.4 is 14.8 Å². The van der Waals surface area contributed by atoms with Gasteiger partial charge in [-0.25, -0.2) is 13.1 Å². The molecule has 10 heteroatoms. The van der Waals surface area contributed by atoms with Gasteiger partial charge in [-0.2, -0.15) is 5.10 Å². The molecule has 9 nitrogen and oxygen atoms in total. The summed E-state index contributed by atoms with van der Waals surface area (Å²) in [5.74, 6) is 1.72. The maximum atomic E-state index is 13.0. The molecule has 182 valence electrons. The van der Waals surface area contributed by atoms with Crippen LogP contribution in [0.1, 0.15) is 28.1 Å². The molecule has 2 N–H and O–H groups in total. The maximum Gasteiger partial charge on any atom is 0.262 e. The van der Waals surface area contributed by atoms with Crippen molar-refractivity contribution in [3.8, 4) is 11.6 Å². The van der Waals surface area contributed by atoms with Crippen molar-refractivity contribution in [3.63, 3.8) is 0 Å². The Morgan fingerprint density at radius 2 is 1.54 bits per heavy atom. The van der Waals surface area contributed by atoms with Crippen LogP contribution in [0.4, 0.5) is 17.2 Å². The average Bonchev–Trinajstić information content (AvgIpc) is 3.08. The molecule has 2 aromatic carbocycles. The van der Waals surface area contributed by atoms with E-state index in [1.165, 1.54) is 7.11 Å². The lowest BCUT2D eigenvalue weighted by Crippen LogP contribution is -2.14. The fourth-order valence-corrected chi connectivity index (χ4v) is 5.05. The number of aryl methyl sites for hydroxylation is 3. The van der Waals surface area contributed by atoms with Crippen molar-refractivity contribution >= 4 is 27.2 Å². The van der Waals surface area contributed by atoms with E-state index in [0.29, 0.717) is 28.6 Å². The zero-order valence-corrected chi connectivity index (χ0v) is 21.4. The van der Waals surface area contributed by atoms with Gasteiger partial charge < -0.3 is 10.1 Å². The summed E-state index contributed by atoms with van der Waals surface area (Å²) in [5, 5.41) is 16.2. The molecule has 2 heterocycles. The van der Waals surface area contributed by atoms with E-state index >= 15 is 0 Å². The second kappa shape index (κ2) is 9.38. The van der Waals surface area contributed by atoms with Crippen LogP contribution in [0.15, 0.2) is 53.4 Å². The molecule has 0 spiro atoms. The molecule has 0 atom stereocenters. The molecular weight excluding hydrogens is 464 g/mol. The van der Waals surface area contributed by atoms with Crippen LogP contribution in [0.25, 0.3) is 5.82 Å². The van der Waals surface area contributed by atoms with Crippen molar-refractivity contribution in [1.82, 2.24) is 20.0 Å². The number of anilines is 3. The molecule has 0 bridgehead atoms. The highest BCUT2D eigenvalue weighted by molar-refractivity contribution is 7.92. The monoisotopic (exact) mass is 492 g/mol. The Labute approximate surface area is 205 Å². The number of sulfonamides is 1. The van der Waals surface area contributed by atoms with Crippen LogP contribution in [0.2, 0.25) is 0 Å². The lowest BCUT2D eigenvalue weighted by atomic mass is 10.1. The largest absolute Gasteiger partial charge is 0.496 e. The molecule has 0 aliphatic heterocycles. The summed E-state index contributed by atoms with van der Waals surface area (Å²) in [7, 11) is -2.26. The number of hydrogen-bond acceptors (Lipinski definition) is 7. The van der Waals surface area contributed by atoms with Gasteiger partial charge in [-0.3, -0.25) is 4.72 Å². The van der Waals surface area contributed by atoms with E-state index in [9.17, 15) is 8.42 Å². The summed E-state index contributed by atoms with van der Waals surface area (Å²) in [6.45, 7) is 9.62. The van der Waals surface area contributed by atoms with Gasteiger partial charge in [0.15, 0.2) is 11.6 Å². The van der Waals surface area contributed by atoms with Crippen molar-refractivity contribution in [2.45, 2.75) is 39.5 Å². The van der Waals surface area contributed by atoms with Crippen LogP contribution in [0.5, 0.6) is 5.75 Å². The summed E-state index contributed by atoms with van der Waals surface area (Å²) in [6.07, 6.45) is 0. The number of rotatable bonds is 7. The van der Waals surface area contributed by atoms with Crippen molar-refractivity contribution in [1.29, 1.82) is 0 Å². The second-order valence-electron chi connectivity index (χ2n) is 8.38. The van der Waals surface area contributed by atoms with Crippen LogP contribution in [0, 0.1) is 34.6 Å². The van der Waals surface area contributed by atoms with E-state index in [-0.39, 0.29) is 4.90 Å². The van der Waals surface area contributed by atoms with E-state index in [0.717, 1.165) is 28.2 Å². The van der Waals surface area contributed by atoms with Gasteiger partial charge in [-0.1, -0.05) is 6.07 Å². The third-order valence-corrected chi connectivity index (χ3v) is 7.44. The third kappa shape index (κ3) is 4.97. The Morgan fingerprint density at radius 3 is 2.11 bits per heavy atom. The normalized spacial score (nSPS) is 11.4. The molecule has 2 aromatic heterocycles. The zero-order chi connectivity index (χ0) is 25.3. The lowest BCUT2D eigenvalue weighted by Gasteiger charge is -2.14. The highest BCUT2D eigenvalue weighted by Crippen LogP contribution is 2.28. The van der Waals surface area contributed by atoms with Crippen LogP contribution >= 0.6 is 0 Å². The predicted octanol–water partition coefficient (Wildman–Crippen LogP) is 4.76. The minimum absolute atomic E-state index is 0.176. The molecular formula is C25H28N6O3S. The van der Waals surface area contributed by atoms with Crippen molar-refractivity contribution < 1.29 is 13.2 Å². The van der Waals surface area contributed by atoms with Gasteiger partial charge in [0.1, 0.15) is 5.75 Å². The summed E-state index contributed by atoms with van der Waals surface area (Å²) in [4.78, 5) is 0.176. The number of benzene rings is 2. The molecule has 4 aromatic rings. The van der Waals surface area contributed by atoms with Gasteiger partial charge in [0.2, 0.25) is 0 Å². The Morgan fingerprint density at radius 1 is 0.857 bits per heavy atom. The van der Waals surface area contributed by atoms with Crippen LogP contribution in [-0.4, -0.2) is 35.5 Å². The number of methoxy groups -OCH3 is 1. The summed E-state index contributed by atoms with van der Waals surface area (Å²) >= 11 is 0. The quantitative estimate of drug-likeness (QED) is 0.383.